The van der Waals surface area contributed by atoms with Crippen LogP contribution in [-0.4, -0.2) is 37.3 Å². The molecule has 3 rings (SSSR count). The standard InChI is InChI=1S/C27H29NO6S/c1-20-11-12-21(19-25(20)28-35(32,33)24-8-3-2-4-9-24)13-15-23(29)17-18-34-26-10-6-5-7-22(26)14-16-27(30)31/h2-13,15,19,23,28-29H,14,16-18H2,1H3,(H,30,31)/b15-13+/t23-/m0/s1. The molecule has 35 heavy (non-hydrogen) atoms. The second kappa shape index (κ2) is 12.2. The number of sulfonamides is 1. The molecule has 3 aromatic rings. The highest BCUT2D eigenvalue weighted by Gasteiger charge is 2.15. The van der Waals surface area contributed by atoms with Gasteiger partial charge in [-0.3, -0.25) is 9.52 Å². The maximum atomic E-state index is 12.7. The zero-order chi connectivity index (χ0) is 25.3. The summed E-state index contributed by atoms with van der Waals surface area (Å²) >= 11 is 0. The molecule has 0 aliphatic carbocycles. The number of ether oxygens (including phenoxy) is 1. The van der Waals surface area contributed by atoms with Crippen molar-refractivity contribution in [2.75, 3.05) is 11.3 Å². The minimum Gasteiger partial charge on any atom is -0.493 e. The van der Waals surface area contributed by atoms with E-state index in [2.05, 4.69) is 4.72 Å². The Morgan fingerprint density at radius 1 is 1.06 bits per heavy atom. The van der Waals surface area contributed by atoms with Gasteiger partial charge in [0, 0.05) is 12.8 Å². The van der Waals surface area contributed by atoms with Crippen molar-refractivity contribution in [3.8, 4) is 5.75 Å². The highest BCUT2D eigenvalue weighted by molar-refractivity contribution is 7.92. The molecule has 0 bridgehead atoms. The molecule has 7 nitrogen and oxygen atoms in total. The van der Waals surface area contributed by atoms with Gasteiger partial charge in [-0.1, -0.05) is 60.7 Å². The normalized spacial score (nSPS) is 12.4. The first-order valence-electron chi connectivity index (χ1n) is 11.2. The molecule has 0 aliphatic rings. The summed E-state index contributed by atoms with van der Waals surface area (Å²) in [4.78, 5) is 11.0. The van der Waals surface area contributed by atoms with Crippen LogP contribution in [0, 0.1) is 6.92 Å². The number of aliphatic hydroxyl groups is 1. The van der Waals surface area contributed by atoms with E-state index < -0.39 is 22.1 Å². The van der Waals surface area contributed by atoms with Crippen molar-refractivity contribution < 1.29 is 28.2 Å². The van der Waals surface area contributed by atoms with E-state index in [-0.39, 0.29) is 17.9 Å². The van der Waals surface area contributed by atoms with Gasteiger partial charge in [0.25, 0.3) is 10.0 Å². The van der Waals surface area contributed by atoms with Gasteiger partial charge < -0.3 is 14.9 Å². The smallest absolute Gasteiger partial charge is 0.303 e. The van der Waals surface area contributed by atoms with Crippen LogP contribution in [0.2, 0.25) is 0 Å². The van der Waals surface area contributed by atoms with Crippen LogP contribution in [0.5, 0.6) is 5.75 Å². The maximum absolute atomic E-state index is 12.7. The largest absolute Gasteiger partial charge is 0.493 e. The van der Waals surface area contributed by atoms with E-state index in [9.17, 15) is 18.3 Å². The lowest BCUT2D eigenvalue weighted by molar-refractivity contribution is -0.136. The first kappa shape index (κ1) is 26.0. The highest BCUT2D eigenvalue weighted by Crippen LogP contribution is 2.23. The van der Waals surface area contributed by atoms with E-state index in [1.165, 1.54) is 12.1 Å². The third-order valence-corrected chi connectivity index (χ3v) is 6.70. The van der Waals surface area contributed by atoms with Crippen LogP contribution in [0.1, 0.15) is 29.5 Å². The first-order valence-corrected chi connectivity index (χ1v) is 12.7. The minimum atomic E-state index is -3.71. The molecular weight excluding hydrogens is 466 g/mol. The Labute approximate surface area is 205 Å². The molecular formula is C27H29NO6S. The van der Waals surface area contributed by atoms with E-state index in [1.807, 2.05) is 37.3 Å². The molecule has 0 unspecified atom stereocenters. The van der Waals surface area contributed by atoms with Crippen LogP contribution in [0.15, 0.2) is 83.8 Å². The fraction of sp³-hybridized carbons (Fsp3) is 0.222. The lowest BCUT2D eigenvalue weighted by Crippen LogP contribution is -2.13. The van der Waals surface area contributed by atoms with Gasteiger partial charge in [-0.05, 0) is 54.3 Å². The number of carboxylic acids is 1. The second-order valence-electron chi connectivity index (χ2n) is 8.06. The third-order valence-electron chi connectivity index (χ3n) is 5.32. The predicted octanol–water partition coefficient (Wildman–Crippen LogP) is 4.66. The van der Waals surface area contributed by atoms with Crippen molar-refractivity contribution in [2.45, 2.75) is 37.2 Å². The summed E-state index contributed by atoms with van der Waals surface area (Å²) in [6.07, 6.45) is 3.31. The molecule has 1 atom stereocenters. The second-order valence-corrected chi connectivity index (χ2v) is 9.74. The maximum Gasteiger partial charge on any atom is 0.303 e. The lowest BCUT2D eigenvalue weighted by Gasteiger charge is -2.13. The van der Waals surface area contributed by atoms with Gasteiger partial charge in [0.2, 0.25) is 0 Å². The van der Waals surface area contributed by atoms with Crippen molar-refractivity contribution >= 4 is 27.8 Å². The molecule has 0 aromatic heterocycles. The minimum absolute atomic E-state index is 0.0196. The number of carbonyl (C=O) groups is 1. The third kappa shape index (κ3) is 7.98. The quantitative estimate of drug-likeness (QED) is 0.337. The Morgan fingerprint density at radius 2 is 1.77 bits per heavy atom. The number of para-hydroxylation sites is 1. The van der Waals surface area contributed by atoms with E-state index >= 15 is 0 Å². The average molecular weight is 496 g/mol. The zero-order valence-electron chi connectivity index (χ0n) is 19.4. The summed E-state index contributed by atoms with van der Waals surface area (Å²) < 4.78 is 33.7. The molecule has 8 heteroatoms. The van der Waals surface area contributed by atoms with Crippen molar-refractivity contribution in [2.24, 2.45) is 0 Å². The highest BCUT2D eigenvalue weighted by atomic mass is 32.2. The van der Waals surface area contributed by atoms with Crippen molar-refractivity contribution in [1.82, 2.24) is 0 Å². The zero-order valence-corrected chi connectivity index (χ0v) is 20.2. The number of anilines is 1. The molecule has 0 radical (unpaired) electrons. The Balaban J connectivity index is 1.58. The van der Waals surface area contributed by atoms with Crippen LogP contribution < -0.4 is 9.46 Å². The summed E-state index contributed by atoms with van der Waals surface area (Å²) in [6.45, 7) is 2.07. The van der Waals surface area contributed by atoms with Crippen molar-refractivity contribution in [3.63, 3.8) is 0 Å². The number of aliphatic hydroxyl groups excluding tert-OH is 1. The number of rotatable bonds is 12. The number of nitrogens with one attached hydrogen (secondary N) is 1. The van der Waals surface area contributed by atoms with Gasteiger partial charge in [-0.15, -0.1) is 0 Å². The first-order chi connectivity index (χ1) is 16.7. The topological polar surface area (TPSA) is 113 Å². The molecule has 184 valence electrons. The fourth-order valence-corrected chi connectivity index (χ4v) is 4.50. The lowest BCUT2D eigenvalue weighted by atomic mass is 10.1. The molecule has 0 heterocycles. The van der Waals surface area contributed by atoms with Crippen LogP contribution >= 0.6 is 0 Å². The number of aliphatic carboxylic acids is 1. The van der Waals surface area contributed by atoms with Crippen molar-refractivity contribution in [1.29, 1.82) is 0 Å². The molecule has 0 fully saturated rings. The fourth-order valence-electron chi connectivity index (χ4n) is 3.36. The van der Waals surface area contributed by atoms with E-state index in [1.54, 1.807) is 42.5 Å². The Morgan fingerprint density at radius 3 is 2.51 bits per heavy atom. The summed E-state index contributed by atoms with van der Waals surface area (Å²) in [6, 6.07) is 20.8. The van der Waals surface area contributed by atoms with Crippen LogP contribution in [0.3, 0.4) is 0 Å². The van der Waals surface area contributed by atoms with Gasteiger partial charge in [-0.2, -0.15) is 0 Å². The van der Waals surface area contributed by atoms with Crippen LogP contribution in [-0.2, 0) is 21.2 Å². The number of hydrogen-bond acceptors (Lipinski definition) is 5. The number of carboxylic acid groups (broad SMARTS) is 1. The summed E-state index contributed by atoms with van der Waals surface area (Å²) in [5.74, 6) is -0.258. The molecule has 0 saturated carbocycles. The molecule has 0 spiro atoms. The number of hydrogen-bond donors (Lipinski definition) is 3. The van der Waals surface area contributed by atoms with Crippen molar-refractivity contribution in [3.05, 3.63) is 95.6 Å². The van der Waals surface area contributed by atoms with Gasteiger partial charge in [-0.25, -0.2) is 8.42 Å². The van der Waals surface area contributed by atoms with Gasteiger partial charge in [0.1, 0.15) is 5.75 Å². The van der Waals surface area contributed by atoms with E-state index in [0.717, 1.165) is 16.7 Å². The molecule has 0 saturated heterocycles. The predicted molar refractivity (Wildman–Crippen MR) is 136 cm³/mol. The van der Waals surface area contributed by atoms with Gasteiger partial charge in [0.05, 0.1) is 23.3 Å². The summed E-state index contributed by atoms with van der Waals surface area (Å²) in [5.41, 5.74) is 2.79. The van der Waals surface area contributed by atoms with E-state index in [4.69, 9.17) is 9.84 Å². The Kier molecular flexibility index (Phi) is 9.05. The van der Waals surface area contributed by atoms with E-state index in [0.29, 0.717) is 24.3 Å². The van der Waals surface area contributed by atoms with Gasteiger partial charge in [0.15, 0.2) is 0 Å². The van der Waals surface area contributed by atoms with Crippen LogP contribution in [0.4, 0.5) is 5.69 Å². The number of benzene rings is 3. The Hall–Kier alpha value is -3.62. The molecule has 3 N–H and O–H groups in total. The molecule has 3 aromatic carbocycles. The monoisotopic (exact) mass is 495 g/mol. The summed E-state index contributed by atoms with van der Waals surface area (Å²) in [5, 5.41) is 19.2. The average Bonchev–Trinajstić information content (AvgIpc) is 2.84. The summed E-state index contributed by atoms with van der Waals surface area (Å²) in [7, 11) is -3.71. The van der Waals surface area contributed by atoms with Crippen LogP contribution in [0.25, 0.3) is 6.08 Å². The Bertz CT molecular complexity index is 1270. The van der Waals surface area contributed by atoms with Gasteiger partial charge >= 0.3 is 5.97 Å². The SMILES string of the molecule is Cc1ccc(/C=C/[C@H](O)CCOc2ccccc2CCC(=O)O)cc1NS(=O)(=O)c1ccccc1. The number of aryl methyl sites for hydroxylation is 2. The molecule has 0 amide bonds. The molecule has 0 aliphatic heterocycles.